The van der Waals surface area contributed by atoms with Crippen molar-refractivity contribution in [3.63, 3.8) is 0 Å². The summed E-state index contributed by atoms with van der Waals surface area (Å²) in [5, 5.41) is 3.49. The molecule has 102 valence electrons. The molecule has 1 aromatic carbocycles. The number of hydrogen-bond donors (Lipinski definition) is 1. The van der Waals surface area contributed by atoms with E-state index in [0.717, 1.165) is 38.7 Å². The van der Waals surface area contributed by atoms with Crippen molar-refractivity contribution >= 4 is 11.6 Å². The second kappa shape index (κ2) is 4.85. The first-order valence-electron chi connectivity index (χ1n) is 6.86. The summed E-state index contributed by atoms with van der Waals surface area (Å²) >= 11 is 0. The summed E-state index contributed by atoms with van der Waals surface area (Å²) in [5.74, 6) is 0.970. The van der Waals surface area contributed by atoms with Crippen LogP contribution in [0.2, 0.25) is 0 Å². The second-order valence-corrected chi connectivity index (χ2v) is 5.73. The van der Waals surface area contributed by atoms with Crippen molar-refractivity contribution in [3.05, 3.63) is 29.8 Å². The van der Waals surface area contributed by atoms with Crippen molar-refractivity contribution in [1.29, 1.82) is 0 Å². The maximum absolute atomic E-state index is 5.29. The van der Waals surface area contributed by atoms with Crippen molar-refractivity contribution in [3.8, 4) is 0 Å². The van der Waals surface area contributed by atoms with Gasteiger partial charge in [0.05, 0.1) is 13.2 Å². The third-order valence-electron chi connectivity index (χ3n) is 3.93. The molecule has 0 unspecified atom stereocenters. The molecule has 0 bridgehead atoms. The SMILES string of the molecule is CN=C(NCC1(C)COC1)N1CCc2ccccc21. The zero-order chi connectivity index (χ0) is 13.3. The molecule has 4 heteroatoms. The summed E-state index contributed by atoms with van der Waals surface area (Å²) in [5.41, 5.74) is 2.95. The molecule has 0 aromatic heterocycles. The Balaban J connectivity index is 1.70. The van der Waals surface area contributed by atoms with Gasteiger partial charge in [-0.3, -0.25) is 4.99 Å². The summed E-state index contributed by atoms with van der Waals surface area (Å²) in [6.45, 7) is 5.85. The molecule has 4 nitrogen and oxygen atoms in total. The summed E-state index contributed by atoms with van der Waals surface area (Å²) in [4.78, 5) is 6.70. The highest BCUT2D eigenvalue weighted by molar-refractivity contribution is 5.97. The Labute approximate surface area is 114 Å². The van der Waals surface area contributed by atoms with Gasteiger partial charge in [0.1, 0.15) is 0 Å². The van der Waals surface area contributed by atoms with Crippen LogP contribution in [0.25, 0.3) is 0 Å². The third-order valence-corrected chi connectivity index (χ3v) is 3.93. The van der Waals surface area contributed by atoms with Crippen molar-refractivity contribution in [2.75, 3.05) is 38.3 Å². The van der Waals surface area contributed by atoms with Crippen LogP contribution in [0.4, 0.5) is 5.69 Å². The molecular formula is C15H21N3O. The van der Waals surface area contributed by atoms with Crippen molar-refractivity contribution in [1.82, 2.24) is 5.32 Å². The third kappa shape index (κ3) is 2.32. The minimum atomic E-state index is 0.259. The van der Waals surface area contributed by atoms with Crippen molar-refractivity contribution < 1.29 is 4.74 Å². The lowest BCUT2D eigenvalue weighted by Gasteiger charge is -2.39. The highest BCUT2D eigenvalue weighted by Crippen LogP contribution is 2.28. The van der Waals surface area contributed by atoms with Crippen molar-refractivity contribution in [2.45, 2.75) is 13.3 Å². The summed E-state index contributed by atoms with van der Waals surface area (Å²) in [6, 6.07) is 8.56. The number of fused-ring (bicyclic) bond motifs is 1. The largest absolute Gasteiger partial charge is 0.380 e. The van der Waals surface area contributed by atoms with E-state index in [9.17, 15) is 0 Å². The number of hydrogen-bond acceptors (Lipinski definition) is 2. The van der Waals surface area contributed by atoms with E-state index >= 15 is 0 Å². The van der Waals surface area contributed by atoms with E-state index in [1.807, 2.05) is 7.05 Å². The average Bonchev–Trinajstić information content (AvgIpc) is 2.82. The molecule has 2 aliphatic heterocycles. The molecule has 2 heterocycles. The second-order valence-electron chi connectivity index (χ2n) is 5.73. The minimum absolute atomic E-state index is 0.259. The van der Waals surface area contributed by atoms with E-state index in [4.69, 9.17) is 4.74 Å². The summed E-state index contributed by atoms with van der Waals surface area (Å²) in [6.07, 6.45) is 1.09. The maximum Gasteiger partial charge on any atom is 0.198 e. The quantitative estimate of drug-likeness (QED) is 0.648. The molecule has 19 heavy (non-hydrogen) atoms. The van der Waals surface area contributed by atoms with Gasteiger partial charge in [-0.05, 0) is 18.1 Å². The van der Waals surface area contributed by atoms with Gasteiger partial charge in [0, 0.05) is 31.2 Å². The zero-order valence-corrected chi connectivity index (χ0v) is 11.6. The smallest absolute Gasteiger partial charge is 0.198 e. The Kier molecular flexibility index (Phi) is 3.19. The molecular weight excluding hydrogens is 238 g/mol. The molecule has 2 aliphatic rings. The van der Waals surface area contributed by atoms with E-state index in [-0.39, 0.29) is 5.41 Å². The minimum Gasteiger partial charge on any atom is -0.380 e. The highest BCUT2D eigenvalue weighted by atomic mass is 16.5. The number of guanidine groups is 1. The van der Waals surface area contributed by atoms with E-state index < -0.39 is 0 Å². The van der Waals surface area contributed by atoms with Crippen LogP contribution >= 0.6 is 0 Å². The first-order chi connectivity index (χ1) is 9.22. The molecule has 0 spiro atoms. The summed E-state index contributed by atoms with van der Waals surface area (Å²) in [7, 11) is 1.85. The fraction of sp³-hybridized carbons (Fsp3) is 0.533. The van der Waals surface area contributed by atoms with Crippen LogP contribution in [0.15, 0.2) is 29.3 Å². The number of benzene rings is 1. The molecule has 1 aromatic rings. The molecule has 0 saturated carbocycles. The van der Waals surface area contributed by atoms with Crippen molar-refractivity contribution in [2.24, 2.45) is 10.4 Å². The topological polar surface area (TPSA) is 36.9 Å². The Hall–Kier alpha value is -1.55. The maximum atomic E-state index is 5.29. The fourth-order valence-electron chi connectivity index (χ4n) is 2.70. The van der Waals surface area contributed by atoms with E-state index in [0.29, 0.717) is 0 Å². The van der Waals surface area contributed by atoms with Crippen LogP contribution in [-0.4, -0.2) is 39.3 Å². The normalized spacial score (nSPS) is 20.9. The Bertz CT molecular complexity index is 494. The number of ether oxygens (including phenoxy) is 1. The summed E-state index contributed by atoms with van der Waals surface area (Å²) < 4.78 is 5.29. The van der Waals surface area contributed by atoms with E-state index in [1.54, 1.807) is 0 Å². The number of rotatable bonds is 2. The fourth-order valence-corrected chi connectivity index (χ4v) is 2.70. The first kappa shape index (κ1) is 12.5. The van der Waals surface area contributed by atoms with E-state index in [1.165, 1.54) is 11.3 Å². The van der Waals surface area contributed by atoms with Gasteiger partial charge in [-0.25, -0.2) is 0 Å². The number of aliphatic imine (C=N–C) groups is 1. The number of nitrogens with zero attached hydrogens (tertiary/aromatic N) is 2. The molecule has 0 amide bonds. The van der Waals surface area contributed by atoms with Gasteiger partial charge >= 0.3 is 0 Å². The highest BCUT2D eigenvalue weighted by Gasteiger charge is 2.34. The molecule has 3 rings (SSSR count). The van der Waals surface area contributed by atoms with E-state index in [2.05, 4.69) is 46.4 Å². The van der Waals surface area contributed by atoms with Crippen LogP contribution in [0.1, 0.15) is 12.5 Å². The van der Waals surface area contributed by atoms with Crippen LogP contribution in [-0.2, 0) is 11.2 Å². The number of nitrogens with one attached hydrogen (secondary N) is 1. The predicted octanol–water partition coefficient (Wildman–Crippen LogP) is 1.66. The zero-order valence-electron chi connectivity index (χ0n) is 11.6. The Morgan fingerprint density at radius 3 is 2.89 bits per heavy atom. The molecule has 0 radical (unpaired) electrons. The van der Waals surface area contributed by atoms with Gasteiger partial charge < -0.3 is 15.0 Å². The van der Waals surface area contributed by atoms with Crippen LogP contribution in [0.3, 0.4) is 0 Å². The molecule has 0 aliphatic carbocycles. The van der Waals surface area contributed by atoms with Gasteiger partial charge in [-0.2, -0.15) is 0 Å². The lowest BCUT2D eigenvalue weighted by molar-refractivity contribution is -0.0970. The van der Waals surface area contributed by atoms with Crippen LogP contribution in [0, 0.1) is 5.41 Å². The predicted molar refractivity (Wildman–Crippen MR) is 77.8 cm³/mol. The monoisotopic (exact) mass is 259 g/mol. The molecule has 1 fully saturated rings. The standard InChI is InChI=1S/C15H21N3O/c1-15(10-19-11-15)9-17-14(16-2)18-8-7-12-5-3-4-6-13(12)18/h3-6H,7-11H2,1-2H3,(H,16,17). The Morgan fingerprint density at radius 1 is 1.42 bits per heavy atom. The van der Waals surface area contributed by atoms with Gasteiger partial charge in [0.2, 0.25) is 0 Å². The average molecular weight is 259 g/mol. The van der Waals surface area contributed by atoms with Gasteiger partial charge in [0.15, 0.2) is 5.96 Å². The lowest BCUT2D eigenvalue weighted by Crippen LogP contribution is -2.51. The van der Waals surface area contributed by atoms with Gasteiger partial charge in [-0.1, -0.05) is 25.1 Å². The first-order valence-corrected chi connectivity index (χ1v) is 6.86. The van der Waals surface area contributed by atoms with Crippen LogP contribution < -0.4 is 10.2 Å². The number of para-hydroxylation sites is 1. The van der Waals surface area contributed by atoms with Gasteiger partial charge in [-0.15, -0.1) is 0 Å². The number of anilines is 1. The molecule has 1 saturated heterocycles. The molecule has 1 N–H and O–H groups in total. The molecule has 0 atom stereocenters. The van der Waals surface area contributed by atoms with Gasteiger partial charge in [0.25, 0.3) is 0 Å². The van der Waals surface area contributed by atoms with Crippen LogP contribution in [0.5, 0.6) is 0 Å². The Morgan fingerprint density at radius 2 is 2.21 bits per heavy atom. The lowest BCUT2D eigenvalue weighted by atomic mass is 9.89.